The number of nitrogens with zero attached hydrogens (tertiary/aromatic N) is 2. The average molecular weight is 427 g/mol. The Morgan fingerprint density at radius 2 is 2.00 bits per heavy atom. The van der Waals surface area contributed by atoms with Crippen molar-refractivity contribution in [2.24, 2.45) is 5.92 Å². The van der Waals surface area contributed by atoms with Crippen molar-refractivity contribution in [3.63, 3.8) is 0 Å². The topological polar surface area (TPSA) is 84.0 Å². The first-order chi connectivity index (χ1) is 12.9. The minimum atomic E-state index is -0.682. The van der Waals surface area contributed by atoms with Crippen molar-refractivity contribution >= 4 is 51.6 Å². The van der Waals surface area contributed by atoms with Crippen LogP contribution < -0.4 is 10.6 Å². The van der Waals surface area contributed by atoms with Crippen LogP contribution in [0, 0.1) is 5.92 Å². The number of carbonyl (C=O) groups is 2. The smallest absolute Gasteiger partial charge is 0.253 e. The number of benzene rings is 1. The summed E-state index contributed by atoms with van der Waals surface area (Å²) >= 11 is 9.04. The molecule has 0 saturated carbocycles. The molecule has 1 atom stereocenters. The zero-order chi connectivity index (χ0) is 19.8. The molecule has 6 nitrogen and oxygen atoms in total. The third kappa shape index (κ3) is 6.79. The second-order valence-electron chi connectivity index (χ2n) is 6.38. The third-order valence-corrected chi connectivity index (χ3v) is 5.47. The average Bonchev–Trinajstić information content (AvgIpc) is 3.04. The van der Waals surface area contributed by atoms with Crippen LogP contribution in [0.1, 0.15) is 35.6 Å². The predicted octanol–water partition coefficient (Wildman–Crippen LogP) is 3.88. The van der Waals surface area contributed by atoms with Crippen molar-refractivity contribution in [1.29, 1.82) is 0 Å². The fourth-order valence-electron chi connectivity index (χ4n) is 2.31. The first kappa shape index (κ1) is 21.7. The predicted molar refractivity (Wildman–Crippen MR) is 113 cm³/mol. The summed E-state index contributed by atoms with van der Waals surface area (Å²) in [5.74, 6) is 0.511. The molecule has 1 heterocycles. The Bertz CT molecular complexity index is 782. The van der Waals surface area contributed by atoms with Gasteiger partial charge in [-0.05, 0) is 36.5 Å². The van der Waals surface area contributed by atoms with Crippen molar-refractivity contribution in [2.45, 2.75) is 32.7 Å². The SMILES string of the molecule is CSCCC(NC(=O)c1ccccc1Cl)C(=O)Nc1nnc(CC(C)C)s1. The highest BCUT2D eigenvalue weighted by Gasteiger charge is 2.23. The number of aromatic nitrogens is 2. The standard InChI is InChI=1S/C18H23ClN4O2S2/c1-11(2)10-15-22-23-18(27-15)21-17(25)14(8-9-26-3)20-16(24)12-6-4-5-7-13(12)19/h4-7,11,14H,8-10H2,1-3H3,(H,20,24)(H,21,23,25). The highest BCUT2D eigenvalue weighted by molar-refractivity contribution is 7.98. The fourth-order valence-corrected chi connectivity index (χ4v) is 3.96. The number of carbonyl (C=O) groups excluding carboxylic acids is 2. The number of nitrogens with one attached hydrogen (secondary N) is 2. The molecule has 1 aromatic carbocycles. The van der Waals surface area contributed by atoms with Crippen molar-refractivity contribution in [3.8, 4) is 0 Å². The van der Waals surface area contributed by atoms with E-state index < -0.39 is 6.04 Å². The van der Waals surface area contributed by atoms with Crippen LogP contribution in [0.2, 0.25) is 5.02 Å². The second kappa shape index (κ2) is 10.6. The number of hydrogen-bond donors (Lipinski definition) is 2. The Balaban J connectivity index is 2.05. The van der Waals surface area contributed by atoms with Crippen LogP contribution in [-0.2, 0) is 11.2 Å². The molecule has 2 rings (SSSR count). The highest BCUT2D eigenvalue weighted by Crippen LogP contribution is 2.19. The van der Waals surface area contributed by atoms with Crippen LogP contribution in [0.3, 0.4) is 0 Å². The molecule has 0 aliphatic rings. The van der Waals surface area contributed by atoms with Gasteiger partial charge in [-0.15, -0.1) is 10.2 Å². The molecule has 0 fully saturated rings. The quantitative estimate of drug-likeness (QED) is 0.635. The van der Waals surface area contributed by atoms with E-state index in [2.05, 4.69) is 34.7 Å². The lowest BCUT2D eigenvalue weighted by molar-refractivity contribution is -0.118. The van der Waals surface area contributed by atoms with E-state index in [-0.39, 0.29) is 11.8 Å². The summed E-state index contributed by atoms with van der Waals surface area (Å²) in [6.45, 7) is 4.20. The van der Waals surface area contributed by atoms with Crippen LogP contribution >= 0.6 is 34.7 Å². The van der Waals surface area contributed by atoms with Crippen molar-refractivity contribution < 1.29 is 9.59 Å². The first-order valence-electron chi connectivity index (χ1n) is 8.58. The van der Waals surface area contributed by atoms with E-state index in [1.807, 2.05) is 6.26 Å². The second-order valence-corrected chi connectivity index (χ2v) is 8.83. The molecular weight excluding hydrogens is 404 g/mol. The summed E-state index contributed by atoms with van der Waals surface area (Å²) in [6.07, 6.45) is 3.27. The lowest BCUT2D eigenvalue weighted by Crippen LogP contribution is -2.44. The fraction of sp³-hybridized carbons (Fsp3) is 0.444. The molecule has 1 unspecified atom stereocenters. The van der Waals surface area contributed by atoms with Crippen LogP contribution in [0.15, 0.2) is 24.3 Å². The minimum absolute atomic E-state index is 0.309. The summed E-state index contributed by atoms with van der Waals surface area (Å²) < 4.78 is 0. The number of thioether (sulfide) groups is 1. The van der Waals surface area contributed by atoms with E-state index in [1.54, 1.807) is 36.0 Å². The van der Waals surface area contributed by atoms with Gasteiger partial charge in [0.1, 0.15) is 11.0 Å². The van der Waals surface area contributed by atoms with Crippen LogP contribution in [0.4, 0.5) is 5.13 Å². The molecule has 1 aromatic heterocycles. The number of halogens is 1. The molecule has 0 spiro atoms. The molecule has 2 aromatic rings. The van der Waals surface area contributed by atoms with Crippen molar-refractivity contribution in [2.75, 3.05) is 17.3 Å². The van der Waals surface area contributed by atoms with Gasteiger partial charge < -0.3 is 5.32 Å². The van der Waals surface area contributed by atoms with E-state index in [9.17, 15) is 9.59 Å². The van der Waals surface area contributed by atoms with Gasteiger partial charge in [0.2, 0.25) is 11.0 Å². The summed E-state index contributed by atoms with van der Waals surface area (Å²) in [5.41, 5.74) is 0.344. The van der Waals surface area contributed by atoms with Gasteiger partial charge in [0.05, 0.1) is 10.6 Å². The molecule has 2 amide bonds. The Morgan fingerprint density at radius 1 is 1.26 bits per heavy atom. The number of rotatable bonds is 9. The first-order valence-corrected chi connectivity index (χ1v) is 11.2. The van der Waals surface area contributed by atoms with E-state index >= 15 is 0 Å². The lowest BCUT2D eigenvalue weighted by Gasteiger charge is -2.17. The van der Waals surface area contributed by atoms with E-state index in [0.29, 0.717) is 28.1 Å². The molecule has 146 valence electrons. The summed E-state index contributed by atoms with van der Waals surface area (Å²) in [6, 6.07) is 6.07. The van der Waals surface area contributed by atoms with Crippen molar-refractivity contribution in [1.82, 2.24) is 15.5 Å². The molecule has 0 radical (unpaired) electrons. The third-order valence-electron chi connectivity index (χ3n) is 3.63. The molecule has 0 aliphatic carbocycles. The largest absolute Gasteiger partial charge is 0.340 e. The Labute approximate surface area is 172 Å². The number of amides is 2. The zero-order valence-electron chi connectivity index (χ0n) is 15.5. The lowest BCUT2D eigenvalue weighted by atomic mass is 10.1. The Morgan fingerprint density at radius 3 is 2.67 bits per heavy atom. The van der Waals surface area contributed by atoms with Crippen LogP contribution in [-0.4, -0.2) is 40.1 Å². The minimum Gasteiger partial charge on any atom is -0.340 e. The van der Waals surface area contributed by atoms with Gasteiger partial charge in [-0.1, -0.05) is 48.9 Å². The van der Waals surface area contributed by atoms with Gasteiger partial charge in [0.15, 0.2) is 0 Å². The van der Waals surface area contributed by atoms with Crippen LogP contribution in [0.25, 0.3) is 0 Å². The number of anilines is 1. The summed E-state index contributed by atoms with van der Waals surface area (Å²) in [5, 5.41) is 15.3. The maximum Gasteiger partial charge on any atom is 0.253 e. The summed E-state index contributed by atoms with van der Waals surface area (Å²) in [4.78, 5) is 25.2. The Kier molecular flexibility index (Phi) is 8.53. The van der Waals surface area contributed by atoms with Gasteiger partial charge in [-0.25, -0.2) is 0 Å². The van der Waals surface area contributed by atoms with E-state index in [0.717, 1.165) is 17.2 Å². The molecule has 9 heteroatoms. The normalized spacial score (nSPS) is 12.0. The van der Waals surface area contributed by atoms with Gasteiger partial charge in [0.25, 0.3) is 5.91 Å². The maximum atomic E-state index is 12.7. The highest BCUT2D eigenvalue weighted by atomic mass is 35.5. The Hall–Kier alpha value is -1.64. The van der Waals surface area contributed by atoms with Gasteiger partial charge in [-0.3, -0.25) is 14.9 Å². The zero-order valence-corrected chi connectivity index (χ0v) is 17.9. The monoisotopic (exact) mass is 426 g/mol. The molecule has 0 saturated heterocycles. The summed E-state index contributed by atoms with van der Waals surface area (Å²) in [7, 11) is 0. The van der Waals surface area contributed by atoms with Crippen molar-refractivity contribution in [3.05, 3.63) is 39.9 Å². The van der Waals surface area contributed by atoms with E-state index in [1.165, 1.54) is 11.3 Å². The molecule has 27 heavy (non-hydrogen) atoms. The maximum absolute atomic E-state index is 12.7. The van der Waals surface area contributed by atoms with Gasteiger partial charge in [-0.2, -0.15) is 11.8 Å². The van der Waals surface area contributed by atoms with Crippen LogP contribution in [0.5, 0.6) is 0 Å². The molecule has 0 bridgehead atoms. The van der Waals surface area contributed by atoms with Gasteiger partial charge >= 0.3 is 0 Å². The number of hydrogen-bond acceptors (Lipinski definition) is 6. The molecular formula is C18H23ClN4O2S2. The molecule has 0 aliphatic heterocycles. The molecule has 2 N–H and O–H groups in total. The van der Waals surface area contributed by atoms with Gasteiger partial charge in [0, 0.05) is 6.42 Å². The van der Waals surface area contributed by atoms with E-state index in [4.69, 9.17) is 11.6 Å².